The molecule has 0 bridgehead atoms. The topological polar surface area (TPSA) is 86.0 Å². The summed E-state index contributed by atoms with van der Waals surface area (Å²) in [5, 5.41) is 27.5. The van der Waals surface area contributed by atoms with Crippen LogP contribution in [0.3, 0.4) is 0 Å². The number of aliphatic hydroxyl groups excluding tert-OH is 2. The summed E-state index contributed by atoms with van der Waals surface area (Å²) >= 11 is 0.868. The SMILES string of the molecule is COC(C)(C1OC(SC(=N)N(C)C)CC(O)C1O)C(F)(F)F. The molecule has 3 N–H and O–H groups in total. The molecule has 5 unspecified atom stereocenters. The third-order valence-electron chi connectivity index (χ3n) is 3.62. The first kappa shape index (κ1) is 19.5. The van der Waals surface area contributed by atoms with E-state index in [0.29, 0.717) is 0 Å². The van der Waals surface area contributed by atoms with Gasteiger partial charge in [0.15, 0.2) is 10.8 Å². The Bertz CT molecular complexity index is 410. The van der Waals surface area contributed by atoms with Crippen molar-refractivity contribution in [3.05, 3.63) is 0 Å². The normalized spacial score (nSPS) is 32.4. The molecule has 0 aromatic carbocycles. The molecule has 22 heavy (non-hydrogen) atoms. The second kappa shape index (κ2) is 6.91. The number of ether oxygens (including phenoxy) is 2. The smallest absolute Gasteiger partial charge is 0.390 e. The molecule has 1 heterocycles. The average molecular weight is 346 g/mol. The van der Waals surface area contributed by atoms with E-state index in [9.17, 15) is 23.4 Å². The third kappa shape index (κ3) is 3.85. The van der Waals surface area contributed by atoms with Gasteiger partial charge in [0.25, 0.3) is 0 Å². The first-order valence-electron chi connectivity index (χ1n) is 6.50. The molecular weight excluding hydrogens is 325 g/mol. The summed E-state index contributed by atoms with van der Waals surface area (Å²) in [6.45, 7) is 0.762. The highest BCUT2D eigenvalue weighted by Crippen LogP contribution is 2.42. The Labute approximate surface area is 131 Å². The van der Waals surface area contributed by atoms with E-state index < -0.39 is 35.5 Å². The largest absolute Gasteiger partial charge is 0.419 e. The van der Waals surface area contributed by atoms with Crippen LogP contribution >= 0.6 is 11.8 Å². The molecule has 0 amide bonds. The third-order valence-corrected chi connectivity index (χ3v) is 4.77. The molecule has 0 saturated carbocycles. The fourth-order valence-corrected chi connectivity index (χ4v) is 2.92. The number of halogens is 3. The van der Waals surface area contributed by atoms with Crippen molar-refractivity contribution in [1.29, 1.82) is 5.41 Å². The first-order chi connectivity index (χ1) is 9.94. The number of nitrogens with one attached hydrogen (secondary N) is 1. The second-order valence-corrected chi connectivity index (χ2v) is 6.55. The van der Waals surface area contributed by atoms with Gasteiger partial charge in [0.05, 0.1) is 6.10 Å². The van der Waals surface area contributed by atoms with E-state index in [4.69, 9.17) is 10.1 Å². The van der Waals surface area contributed by atoms with Gasteiger partial charge >= 0.3 is 6.18 Å². The summed E-state index contributed by atoms with van der Waals surface area (Å²) in [4.78, 5) is 1.46. The Hall–Kier alpha value is -0.550. The summed E-state index contributed by atoms with van der Waals surface area (Å²) in [5.41, 5.74) is -3.66. The zero-order valence-electron chi connectivity index (χ0n) is 12.7. The molecular formula is C12H21F3N2O4S. The van der Waals surface area contributed by atoms with Crippen LogP contribution < -0.4 is 0 Å². The maximum Gasteiger partial charge on any atom is 0.419 e. The Balaban J connectivity index is 3.00. The molecule has 6 nitrogen and oxygen atoms in total. The van der Waals surface area contributed by atoms with Crippen molar-refractivity contribution in [1.82, 2.24) is 4.90 Å². The number of rotatable bonds is 3. The van der Waals surface area contributed by atoms with Crippen molar-refractivity contribution >= 4 is 16.9 Å². The Morgan fingerprint density at radius 3 is 2.32 bits per heavy atom. The molecule has 1 aliphatic heterocycles. The van der Waals surface area contributed by atoms with E-state index in [1.165, 1.54) is 4.90 Å². The van der Waals surface area contributed by atoms with Crippen molar-refractivity contribution in [2.24, 2.45) is 0 Å². The lowest BCUT2D eigenvalue weighted by molar-refractivity contribution is -0.323. The molecule has 0 radical (unpaired) electrons. The Kier molecular flexibility index (Phi) is 6.13. The number of alkyl halides is 3. The summed E-state index contributed by atoms with van der Waals surface area (Å²) in [6, 6.07) is 0. The maximum absolute atomic E-state index is 13.3. The van der Waals surface area contributed by atoms with E-state index in [1.807, 2.05) is 0 Å². The summed E-state index contributed by atoms with van der Waals surface area (Å²) in [6.07, 6.45) is -9.82. The molecule has 1 aliphatic rings. The highest BCUT2D eigenvalue weighted by atomic mass is 32.2. The summed E-state index contributed by atoms with van der Waals surface area (Å²) in [7, 11) is 4.08. The van der Waals surface area contributed by atoms with E-state index in [1.54, 1.807) is 14.1 Å². The number of amidine groups is 1. The highest BCUT2D eigenvalue weighted by molar-refractivity contribution is 8.14. The van der Waals surface area contributed by atoms with Crippen LogP contribution in [-0.4, -0.2) is 77.0 Å². The van der Waals surface area contributed by atoms with E-state index in [2.05, 4.69) is 4.74 Å². The fraction of sp³-hybridized carbons (Fsp3) is 0.917. The van der Waals surface area contributed by atoms with Crippen molar-refractivity contribution in [3.8, 4) is 0 Å². The molecule has 0 aromatic rings. The number of hydrogen-bond donors (Lipinski definition) is 3. The predicted octanol–water partition coefficient (Wildman–Crippen LogP) is 1.02. The van der Waals surface area contributed by atoms with E-state index in [0.717, 1.165) is 25.8 Å². The molecule has 1 rings (SSSR count). The van der Waals surface area contributed by atoms with Crippen LogP contribution in [0.1, 0.15) is 13.3 Å². The van der Waals surface area contributed by atoms with Gasteiger partial charge in [-0.25, -0.2) is 0 Å². The van der Waals surface area contributed by atoms with Crippen molar-refractivity contribution in [2.45, 2.75) is 48.9 Å². The van der Waals surface area contributed by atoms with Crippen molar-refractivity contribution < 1.29 is 32.9 Å². The van der Waals surface area contributed by atoms with Crippen LogP contribution in [0, 0.1) is 5.41 Å². The molecule has 1 saturated heterocycles. The monoisotopic (exact) mass is 346 g/mol. The standard InChI is InChI=1S/C12H21F3N2O4S/c1-11(20-4,12(13,14)15)9-8(19)6(18)5-7(21-9)22-10(16)17(2)3/h6-9,16,18-19H,5H2,1-4H3. The maximum atomic E-state index is 13.3. The van der Waals surface area contributed by atoms with Gasteiger partial charge in [-0.05, 0) is 6.92 Å². The molecule has 0 aliphatic carbocycles. The minimum atomic E-state index is -4.80. The van der Waals surface area contributed by atoms with Crippen LogP contribution in [-0.2, 0) is 9.47 Å². The molecule has 5 atom stereocenters. The van der Waals surface area contributed by atoms with Gasteiger partial charge < -0.3 is 24.6 Å². The Morgan fingerprint density at radius 2 is 1.91 bits per heavy atom. The van der Waals surface area contributed by atoms with Crippen LogP contribution in [0.2, 0.25) is 0 Å². The lowest BCUT2D eigenvalue weighted by atomic mass is 9.88. The summed E-state index contributed by atoms with van der Waals surface area (Å²) < 4.78 is 49.6. The highest BCUT2D eigenvalue weighted by Gasteiger charge is 2.62. The number of thioether (sulfide) groups is 1. The lowest BCUT2D eigenvalue weighted by Crippen LogP contribution is -2.64. The van der Waals surface area contributed by atoms with Crippen molar-refractivity contribution in [3.63, 3.8) is 0 Å². The fourth-order valence-electron chi connectivity index (χ4n) is 1.99. The van der Waals surface area contributed by atoms with Gasteiger partial charge in [-0.15, -0.1) is 0 Å². The zero-order chi connectivity index (χ0) is 17.3. The van der Waals surface area contributed by atoms with Crippen LogP contribution in [0.25, 0.3) is 0 Å². The van der Waals surface area contributed by atoms with Crippen molar-refractivity contribution in [2.75, 3.05) is 21.2 Å². The minimum Gasteiger partial charge on any atom is -0.390 e. The zero-order valence-corrected chi connectivity index (χ0v) is 13.5. The quantitative estimate of drug-likeness (QED) is 0.523. The number of hydrogen-bond acceptors (Lipinski definition) is 6. The second-order valence-electron chi connectivity index (χ2n) is 5.41. The van der Waals surface area contributed by atoms with Gasteiger partial charge in [-0.3, -0.25) is 5.41 Å². The Morgan fingerprint density at radius 1 is 1.36 bits per heavy atom. The number of aliphatic hydroxyl groups is 2. The molecule has 130 valence electrons. The number of nitrogens with zero attached hydrogens (tertiary/aromatic N) is 1. The predicted molar refractivity (Wildman–Crippen MR) is 75.8 cm³/mol. The average Bonchev–Trinajstić information content (AvgIpc) is 2.40. The van der Waals surface area contributed by atoms with Crippen LogP contribution in [0.5, 0.6) is 0 Å². The van der Waals surface area contributed by atoms with Gasteiger partial charge in [-0.2, -0.15) is 13.2 Å². The molecule has 1 fully saturated rings. The number of methoxy groups -OCH3 is 1. The van der Waals surface area contributed by atoms with Gasteiger partial charge in [0, 0.05) is 27.6 Å². The molecule has 0 aromatic heterocycles. The minimum absolute atomic E-state index is 0.0680. The van der Waals surface area contributed by atoms with E-state index >= 15 is 0 Å². The van der Waals surface area contributed by atoms with Crippen LogP contribution in [0.15, 0.2) is 0 Å². The lowest BCUT2D eigenvalue weighted by Gasteiger charge is -2.45. The summed E-state index contributed by atoms with van der Waals surface area (Å²) in [5.74, 6) is 0. The van der Waals surface area contributed by atoms with Gasteiger partial charge in [0.1, 0.15) is 17.6 Å². The molecule has 0 spiro atoms. The van der Waals surface area contributed by atoms with Gasteiger partial charge in [0.2, 0.25) is 0 Å². The molecule has 10 heteroatoms. The van der Waals surface area contributed by atoms with Gasteiger partial charge in [-0.1, -0.05) is 11.8 Å². The first-order valence-corrected chi connectivity index (χ1v) is 7.38. The van der Waals surface area contributed by atoms with Crippen LogP contribution in [0.4, 0.5) is 13.2 Å². The van der Waals surface area contributed by atoms with E-state index in [-0.39, 0.29) is 11.6 Å².